The number of hydrogen-bond acceptors (Lipinski definition) is 3. The van der Waals surface area contributed by atoms with Gasteiger partial charge in [0.2, 0.25) is 5.91 Å². The standard InChI is InChI=1S/C14H20N2O2/c1-11-9-16(14(17)7-8-15)13(10-18-11)12-5-3-2-4-6-12/h2-6,11,13H,7-10,15H2,1H3. The highest BCUT2D eigenvalue weighted by atomic mass is 16.5. The van der Waals surface area contributed by atoms with Gasteiger partial charge in [-0.25, -0.2) is 0 Å². The van der Waals surface area contributed by atoms with Crippen molar-refractivity contribution in [3.8, 4) is 0 Å². The molecule has 1 aliphatic heterocycles. The topological polar surface area (TPSA) is 55.6 Å². The molecule has 98 valence electrons. The van der Waals surface area contributed by atoms with Gasteiger partial charge in [0.05, 0.1) is 18.8 Å². The van der Waals surface area contributed by atoms with Gasteiger partial charge in [-0.15, -0.1) is 0 Å². The highest BCUT2D eigenvalue weighted by Gasteiger charge is 2.30. The first-order valence-corrected chi connectivity index (χ1v) is 6.38. The molecule has 4 heteroatoms. The number of amides is 1. The lowest BCUT2D eigenvalue weighted by Gasteiger charge is -2.39. The van der Waals surface area contributed by atoms with Gasteiger partial charge in [-0.3, -0.25) is 4.79 Å². The molecule has 1 amide bonds. The van der Waals surface area contributed by atoms with Crippen LogP contribution in [-0.4, -0.2) is 36.6 Å². The van der Waals surface area contributed by atoms with Crippen molar-refractivity contribution >= 4 is 5.91 Å². The average molecular weight is 248 g/mol. The fourth-order valence-corrected chi connectivity index (χ4v) is 2.30. The van der Waals surface area contributed by atoms with Gasteiger partial charge < -0.3 is 15.4 Å². The molecular formula is C14H20N2O2. The van der Waals surface area contributed by atoms with Crippen molar-refractivity contribution in [2.45, 2.75) is 25.5 Å². The minimum absolute atomic E-state index is 0.0152. The minimum atomic E-state index is 0.0152. The summed E-state index contributed by atoms with van der Waals surface area (Å²) in [5.74, 6) is 0.113. The molecule has 0 spiro atoms. The van der Waals surface area contributed by atoms with Gasteiger partial charge in [0.1, 0.15) is 0 Å². The lowest BCUT2D eigenvalue weighted by atomic mass is 10.0. The number of ether oxygens (including phenoxy) is 1. The molecule has 4 nitrogen and oxygen atoms in total. The maximum absolute atomic E-state index is 12.1. The molecule has 2 rings (SSSR count). The third-order valence-corrected chi connectivity index (χ3v) is 3.23. The Morgan fingerprint density at radius 2 is 2.17 bits per heavy atom. The van der Waals surface area contributed by atoms with Gasteiger partial charge in [0.25, 0.3) is 0 Å². The summed E-state index contributed by atoms with van der Waals surface area (Å²) in [6.07, 6.45) is 0.488. The average Bonchev–Trinajstić information content (AvgIpc) is 2.40. The fraction of sp³-hybridized carbons (Fsp3) is 0.500. The molecule has 0 aromatic heterocycles. The quantitative estimate of drug-likeness (QED) is 0.878. The van der Waals surface area contributed by atoms with Crippen molar-refractivity contribution < 1.29 is 9.53 Å². The lowest BCUT2D eigenvalue weighted by Crippen LogP contribution is -2.47. The van der Waals surface area contributed by atoms with Crippen LogP contribution in [0.4, 0.5) is 0 Å². The van der Waals surface area contributed by atoms with Gasteiger partial charge in [0, 0.05) is 19.5 Å². The molecular weight excluding hydrogens is 228 g/mol. The van der Waals surface area contributed by atoms with Crippen LogP contribution >= 0.6 is 0 Å². The lowest BCUT2D eigenvalue weighted by molar-refractivity contribution is -0.144. The molecule has 2 atom stereocenters. The van der Waals surface area contributed by atoms with Crippen molar-refractivity contribution in [3.63, 3.8) is 0 Å². The molecule has 1 aliphatic rings. The van der Waals surface area contributed by atoms with E-state index in [1.165, 1.54) is 0 Å². The van der Waals surface area contributed by atoms with Crippen LogP contribution in [-0.2, 0) is 9.53 Å². The van der Waals surface area contributed by atoms with E-state index >= 15 is 0 Å². The Kier molecular flexibility index (Phi) is 4.33. The summed E-state index contributed by atoms with van der Waals surface area (Å²) in [5, 5.41) is 0. The summed E-state index contributed by atoms with van der Waals surface area (Å²) in [5.41, 5.74) is 6.60. The SMILES string of the molecule is CC1CN(C(=O)CCN)C(c2ccccc2)CO1. The number of benzene rings is 1. The second kappa shape index (κ2) is 5.98. The Balaban J connectivity index is 2.18. The molecule has 0 aliphatic carbocycles. The monoisotopic (exact) mass is 248 g/mol. The molecule has 2 unspecified atom stereocenters. The van der Waals surface area contributed by atoms with Crippen molar-refractivity contribution in [2.75, 3.05) is 19.7 Å². The highest BCUT2D eigenvalue weighted by Crippen LogP contribution is 2.26. The molecule has 1 heterocycles. The third kappa shape index (κ3) is 2.89. The van der Waals surface area contributed by atoms with Crippen LogP contribution in [0, 0.1) is 0 Å². The maximum atomic E-state index is 12.1. The minimum Gasteiger partial charge on any atom is -0.374 e. The number of carbonyl (C=O) groups excluding carboxylic acids is 1. The van der Waals surface area contributed by atoms with Crippen molar-refractivity contribution in [3.05, 3.63) is 35.9 Å². The summed E-state index contributed by atoms with van der Waals surface area (Å²) in [7, 11) is 0. The highest BCUT2D eigenvalue weighted by molar-refractivity contribution is 5.77. The molecule has 0 bridgehead atoms. The molecule has 18 heavy (non-hydrogen) atoms. The summed E-state index contributed by atoms with van der Waals surface area (Å²) >= 11 is 0. The Bertz CT molecular complexity index is 394. The molecule has 1 fully saturated rings. The number of carbonyl (C=O) groups is 1. The summed E-state index contributed by atoms with van der Waals surface area (Å²) in [6, 6.07) is 10.0. The third-order valence-electron chi connectivity index (χ3n) is 3.23. The van der Waals surface area contributed by atoms with Crippen molar-refractivity contribution in [1.82, 2.24) is 4.90 Å². The summed E-state index contributed by atoms with van der Waals surface area (Å²) < 4.78 is 5.68. The van der Waals surface area contributed by atoms with Gasteiger partial charge in [0.15, 0.2) is 0 Å². The first kappa shape index (κ1) is 13.1. The summed E-state index contributed by atoms with van der Waals surface area (Å²) in [4.78, 5) is 14.0. The van der Waals surface area contributed by atoms with Crippen LogP contribution in [0.1, 0.15) is 24.9 Å². The van der Waals surface area contributed by atoms with E-state index in [-0.39, 0.29) is 18.1 Å². The van der Waals surface area contributed by atoms with Crippen LogP contribution in [0.15, 0.2) is 30.3 Å². The van der Waals surface area contributed by atoms with E-state index in [1.807, 2.05) is 42.2 Å². The van der Waals surface area contributed by atoms with Crippen molar-refractivity contribution in [2.24, 2.45) is 5.73 Å². The number of rotatable bonds is 3. The largest absolute Gasteiger partial charge is 0.374 e. The van der Waals surface area contributed by atoms with Crippen LogP contribution in [0.3, 0.4) is 0 Å². The van der Waals surface area contributed by atoms with E-state index in [1.54, 1.807) is 0 Å². The van der Waals surface area contributed by atoms with E-state index in [0.717, 1.165) is 5.56 Å². The number of nitrogens with zero attached hydrogens (tertiary/aromatic N) is 1. The van der Waals surface area contributed by atoms with E-state index in [9.17, 15) is 4.79 Å². The van der Waals surface area contributed by atoms with Gasteiger partial charge >= 0.3 is 0 Å². The van der Waals surface area contributed by atoms with Crippen LogP contribution < -0.4 is 5.73 Å². The predicted octanol–water partition coefficient (Wildman–Crippen LogP) is 1.32. The first-order valence-electron chi connectivity index (χ1n) is 6.38. The van der Waals surface area contributed by atoms with E-state index < -0.39 is 0 Å². The smallest absolute Gasteiger partial charge is 0.224 e. The van der Waals surface area contributed by atoms with Crippen LogP contribution in [0.25, 0.3) is 0 Å². The van der Waals surface area contributed by atoms with Crippen molar-refractivity contribution in [1.29, 1.82) is 0 Å². The Morgan fingerprint density at radius 1 is 1.44 bits per heavy atom. The Morgan fingerprint density at radius 3 is 2.83 bits per heavy atom. The van der Waals surface area contributed by atoms with Gasteiger partial charge in [-0.05, 0) is 12.5 Å². The van der Waals surface area contributed by atoms with Gasteiger partial charge in [-0.2, -0.15) is 0 Å². The number of nitrogens with two attached hydrogens (primary N) is 1. The van der Waals surface area contributed by atoms with E-state index in [2.05, 4.69) is 0 Å². The second-order valence-electron chi connectivity index (χ2n) is 4.66. The Labute approximate surface area is 108 Å². The fourth-order valence-electron chi connectivity index (χ4n) is 2.30. The van der Waals surface area contributed by atoms with Crippen LogP contribution in [0.2, 0.25) is 0 Å². The number of morpholine rings is 1. The van der Waals surface area contributed by atoms with E-state index in [0.29, 0.717) is 26.1 Å². The zero-order valence-electron chi connectivity index (χ0n) is 10.7. The molecule has 1 aromatic rings. The summed E-state index contributed by atoms with van der Waals surface area (Å²) in [6.45, 7) is 3.58. The Hall–Kier alpha value is -1.39. The van der Waals surface area contributed by atoms with Gasteiger partial charge in [-0.1, -0.05) is 30.3 Å². The maximum Gasteiger partial charge on any atom is 0.224 e. The zero-order chi connectivity index (χ0) is 13.0. The molecule has 1 saturated heterocycles. The predicted molar refractivity (Wildman–Crippen MR) is 70.0 cm³/mol. The first-order chi connectivity index (χ1) is 8.72. The zero-order valence-corrected chi connectivity index (χ0v) is 10.7. The van der Waals surface area contributed by atoms with Crippen LogP contribution in [0.5, 0.6) is 0 Å². The molecule has 2 N–H and O–H groups in total. The van der Waals surface area contributed by atoms with E-state index in [4.69, 9.17) is 10.5 Å². The second-order valence-corrected chi connectivity index (χ2v) is 4.66. The number of hydrogen-bond donors (Lipinski definition) is 1. The molecule has 0 saturated carbocycles. The molecule has 1 aromatic carbocycles. The normalized spacial score (nSPS) is 24.0. The molecule has 0 radical (unpaired) electrons.